The lowest BCUT2D eigenvalue weighted by Crippen LogP contribution is -2.29. The highest BCUT2D eigenvalue weighted by atomic mass is 32.1. The molecule has 0 aliphatic carbocycles. The van der Waals surface area contributed by atoms with E-state index in [9.17, 15) is 4.79 Å². The largest absolute Gasteiger partial charge is 0.484 e. The molecule has 1 aromatic heterocycles. The number of fused-ring (bicyclic) bond motifs is 1. The molecule has 0 bridgehead atoms. The van der Waals surface area contributed by atoms with Crippen molar-refractivity contribution in [1.29, 1.82) is 0 Å². The van der Waals surface area contributed by atoms with Gasteiger partial charge in [-0.25, -0.2) is 0 Å². The Balaban J connectivity index is 1.86. The molecule has 0 spiro atoms. The molecule has 1 aliphatic heterocycles. The second-order valence-electron chi connectivity index (χ2n) is 5.30. The first-order valence-corrected chi connectivity index (χ1v) is 8.11. The van der Waals surface area contributed by atoms with Crippen LogP contribution in [0.25, 0.3) is 0 Å². The van der Waals surface area contributed by atoms with Crippen molar-refractivity contribution >= 4 is 17.1 Å². The average molecular weight is 306 g/mol. The lowest BCUT2D eigenvalue weighted by atomic mass is 9.84. The van der Waals surface area contributed by atoms with Gasteiger partial charge in [-0.1, -0.05) is 48.5 Å². The number of Topliss-reactive ketones (excluding diaryl/α,β-unsaturated/α-hetero) is 1. The van der Waals surface area contributed by atoms with E-state index in [1.54, 1.807) is 11.3 Å². The van der Waals surface area contributed by atoms with E-state index in [1.807, 2.05) is 72.1 Å². The molecule has 1 unspecified atom stereocenters. The van der Waals surface area contributed by atoms with Crippen molar-refractivity contribution in [1.82, 2.24) is 0 Å². The number of ketones is 1. The Morgan fingerprint density at radius 3 is 2.41 bits per heavy atom. The summed E-state index contributed by atoms with van der Waals surface area (Å²) >= 11 is 1.61. The first-order valence-electron chi connectivity index (χ1n) is 7.23. The van der Waals surface area contributed by atoms with E-state index in [2.05, 4.69) is 0 Å². The molecule has 3 aromatic rings. The highest BCUT2D eigenvalue weighted by molar-refractivity contribution is 7.10. The molecule has 2 heterocycles. The van der Waals surface area contributed by atoms with Gasteiger partial charge in [0.15, 0.2) is 5.78 Å². The van der Waals surface area contributed by atoms with Crippen molar-refractivity contribution < 1.29 is 9.53 Å². The number of para-hydroxylation sites is 1. The van der Waals surface area contributed by atoms with Gasteiger partial charge in [-0.05, 0) is 29.1 Å². The van der Waals surface area contributed by atoms with Crippen molar-refractivity contribution in [2.75, 3.05) is 0 Å². The van der Waals surface area contributed by atoms with E-state index in [0.29, 0.717) is 11.3 Å². The Hall–Kier alpha value is -2.39. The van der Waals surface area contributed by atoms with Crippen LogP contribution in [0.3, 0.4) is 0 Å². The van der Waals surface area contributed by atoms with E-state index in [1.165, 1.54) is 0 Å². The molecular formula is C19H14O2S. The van der Waals surface area contributed by atoms with Crippen molar-refractivity contribution in [2.24, 2.45) is 0 Å². The third-order valence-corrected chi connectivity index (χ3v) is 4.92. The SMILES string of the molecule is O=C1c2ccccc2O[C@@H](c2ccccc2)C1c1cccs1. The molecule has 2 atom stereocenters. The van der Waals surface area contributed by atoms with Crippen LogP contribution in [0.4, 0.5) is 0 Å². The smallest absolute Gasteiger partial charge is 0.178 e. The third-order valence-electron chi connectivity index (χ3n) is 3.97. The number of carbonyl (C=O) groups is 1. The summed E-state index contributed by atoms with van der Waals surface area (Å²) in [6.07, 6.45) is -0.276. The molecule has 0 radical (unpaired) electrons. The Morgan fingerprint density at radius 2 is 1.64 bits per heavy atom. The van der Waals surface area contributed by atoms with Crippen LogP contribution >= 0.6 is 11.3 Å². The number of benzene rings is 2. The van der Waals surface area contributed by atoms with Crippen LogP contribution in [0.2, 0.25) is 0 Å². The molecule has 0 saturated heterocycles. The van der Waals surface area contributed by atoms with Crippen LogP contribution in [-0.2, 0) is 0 Å². The van der Waals surface area contributed by atoms with Gasteiger partial charge in [0.05, 0.1) is 11.5 Å². The molecule has 0 N–H and O–H groups in total. The second-order valence-corrected chi connectivity index (χ2v) is 6.28. The minimum absolute atomic E-state index is 0.137. The van der Waals surface area contributed by atoms with Gasteiger partial charge in [0.2, 0.25) is 0 Å². The first-order chi connectivity index (χ1) is 10.8. The fourth-order valence-corrected chi connectivity index (χ4v) is 3.78. The lowest BCUT2D eigenvalue weighted by Gasteiger charge is -2.32. The second kappa shape index (κ2) is 5.43. The maximum atomic E-state index is 13.0. The van der Waals surface area contributed by atoms with Crippen LogP contribution in [0.5, 0.6) is 5.75 Å². The van der Waals surface area contributed by atoms with Gasteiger partial charge in [0.1, 0.15) is 11.9 Å². The zero-order valence-corrected chi connectivity index (χ0v) is 12.6. The van der Waals surface area contributed by atoms with Crippen molar-refractivity contribution in [3.05, 3.63) is 88.1 Å². The Bertz CT molecular complexity index is 793. The summed E-state index contributed by atoms with van der Waals surface area (Å²) in [6, 6.07) is 21.5. The maximum Gasteiger partial charge on any atom is 0.178 e. The van der Waals surface area contributed by atoms with E-state index >= 15 is 0 Å². The summed E-state index contributed by atoms with van der Waals surface area (Å²) in [7, 11) is 0. The van der Waals surface area contributed by atoms with Gasteiger partial charge in [0, 0.05) is 4.88 Å². The number of ether oxygens (including phenoxy) is 1. The van der Waals surface area contributed by atoms with Gasteiger partial charge in [0.25, 0.3) is 0 Å². The van der Waals surface area contributed by atoms with Crippen molar-refractivity contribution in [3.63, 3.8) is 0 Å². The maximum absolute atomic E-state index is 13.0. The van der Waals surface area contributed by atoms with E-state index in [4.69, 9.17) is 4.74 Å². The molecule has 0 saturated carbocycles. The molecule has 22 heavy (non-hydrogen) atoms. The zero-order chi connectivity index (χ0) is 14.9. The molecule has 2 nitrogen and oxygen atoms in total. The molecule has 2 aromatic carbocycles. The summed E-state index contributed by atoms with van der Waals surface area (Å²) in [5.74, 6) is 0.532. The molecule has 1 aliphatic rings. The Morgan fingerprint density at radius 1 is 0.864 bits per heavy atom. The highest BCUT2D eigenvalue weighted by Gasteiger charge is 2.39. The normalized spacial score (nSPS) is 20.3. The Labute approximate surface area is 133 Å². The van der Waals surface area contributed by atoms with Crippen molar-refractivity contribution in [3.8, 4) is 5.75 Å². The highest BCUT2D eigenvalue weighted by Crippen LogP contribution is 2.44. The minimum atomic E-state index is -0.280. The third kappa shape index (κ3) is 2.14. The fourth-order valence-electron chi connectivity index (χ4n) is 2.93. The topological polar surface area (TPSA) is 26.3 Å². The van der Waals surface area contributed by atoms with Crippen LogP contribution in [0.1, 0.15) is 32.8 Å². The van der Waals surface area contributed by atoms with E-state index in [0.717, 1.165) is 10.4 Å². The standard InChI is InChI=1S/C19H14O2S/c20-18-14-9-4-5-10-15(14)21-19(13-7-2-1-3-8-13)17(18)16-11-6-12-22-16/h1-12,17,19H/t17?,19-/m0/s1. The van der Waals surface area contributed by atoms with Gasteiger partial charge < -0.3 is 4.74 Å². The predicted octanol–water partition coefficient (Wildman–Crippen LogP) is 4.85. The number of hydrogen-bond donors (Lipinski definition) is 0. The van der Waals surface area contributed by atoms with Crippen LogP contribution in [0.15, 0.2) is 72.1 Å². The predicted molar refractivity (Wildman–Crippen MR) is 87.6 cm³/mol. The summed E-state index contributed by atoms with van der Waals surface area (Å²) in [4.78, 5) is 14.1. The number of thiophene rings is 1. The number of rotatable bonds is 2. The quantitative estimate of drug-likeness (QED) is 0.676. The zero-order valence-electron chi connectivity index (χ0n) is 11.8. The lowest BCUT2D eigenvalue weighted by molar-refractivity contribution is 0.0786. The molecular weight excluding hydrogens is 292 g/mol. The van der Waals surface area contributed by atoms with Gasteiger partial charge in [-0.2, -0.15) is 0 Å². The average Bonchev–Trinajstić information content (AvgIpc) is 3.10. The number of carbonyl (C=O) groups excluding carboxylic acids is 1. The monoisotopic (exact) mass is 306 g/mol. The minimum Gasteiger partial charge on any atom is -0.484 e. The van der Waals surface area contributed by atoms with Crippen LogP contribution in [-0.4, -0.2) is 5.78 Å². The van der Waals surface area contributed by atoms with Crippen LogP contribution in [0, 0.1) is 0 Å². The first kappa shape index (κ1) is 13.3. The van der Waals surface area contributed by atoms with E-state index < -0.39 is 0 Å². The summed E-state index contributed by atoms with van der Waals surface area (Å²) in [5.41, 5.74) is 1.71. The summed E-state index contributed by atoms with van der Waals surface area (Å²) in [6.45, 7) is 0. The summed E-state index contributed by atoms with van der Waals surface area (Å²) < 4.78 is 6.21. The van der Waals surface area contributed by atoms with Crippen LogP contribution < -0.4 is 4.74 Å². The molecule has 0 fully saturated rings. The molecule has 0 amide bonds. The Kier molecular flexibility index (Phi) is 3.28. The van der Waals surface area contributed by atoms with Crippen molar-refractivity contribution in [2.45, 2.75) is 12.0 Å². The number of hydrogen-bond acceptors (Lipinski definition) is 3. The van der Waals surface area contributed by atoms with Gasteiger partial charge >= 0.3 is 0 Å². The fraction of sp³-hybridized carbons (Fsp3) is 0.105. The molecule has 108 valence electrons. The van der Waals surface area contributed by atoms with E-state index in [-0.39, 0.29) is 17.8 Å². The molecule has 3 heteroatoms. The van der Waals surface area contributed by atoms with Gasteiger partial charge in [-0.3, -0.25) is 4.79 Å². The molecule has 4 rings (SSSR count). The van der Waals surface area contributed by atoms with Gasteiger partial charge in [-0.15, -0.1) is 11.3 Å². The summed E-state index contributed by atoms with van der Waals surface area (Å²) in [5, 5.41) is 2.01.